The summed E-state index contributed by atoms with van der Waals surface area (Å²) in [6.45, 7) is 6.98. The van der Waals surface area contributed by atoms with E-state index < -0.39 is 0 Å². The molecule has 1 rings (SSSR count). The lowest BCUT2D eigenvalue weighted by Crippen LogP contribution is -2.42. The first-order valence-electron chi connectivity index (χ1n) is 7.95. The molecule has 0 saturated heterocycles. The molecule has 0 radical (unpaired) electrons. The fraction of sp³-hybridized carbons (Fsp3) is 0.588. The van der Waals surface area contributed by atoms with E-state index in [1.54, 1.807) is 14.2 Å². The van der Waals surface area contributed by atoms with Crippen molar-refractivity contribution >= 4 is 17.6 Å². The number of rotatable bonds is 8. The Labute approximate surface area is 145 Å². The molecule has 130 valence electrons. The molecule has 0 atom stereocenters. The Morgan fingerprint density at radius 1 is 1.30 bits per heavy atom. The summed E-state index contributed by atoms with van der Waals surface area (Å²) < 4.78 is 5.16. The quantitative estimate of drug-likeness (QED) is 0.563. The fourth-order valence-electron chi connectivity index (χ4n) is 2.00. The summed E-state index contributed by atoms with van der Waals surface area (Å²) in [6, 6.07) is 6.31. The van der Waals surface area contributed by atoms with Gasteiger partial charge in [0.1, 0.15) is 5.75 Å². The molecule has 0 unspecified atom stereocenters. The Morgan fingerprint density at radius 3 is 2.57 bits per heavy atom. The third-order valence-electron chi connectivity index (χ3n) is 3.81. The number of ether oxygens (including phenoxy) is 1. The molecule has 0 amide bonds. The number of benzene rings is 1. The molecule has 0 fully saturated rings. The minimum absolute atomic E-state index is 0.545. The number of methoxy groups -OCH3 is 1. The van der Waals surface area contributed by atoms with Crippen LogP contribution >= 0.6 is 11.6 Å². The van der Waals surface area contributed by atoms with Crippen molar-refractivity contribution in [3.63, 3.8) is 0 Å². The van der Waals surface area contributed by atoms with E-state index in [0.29, 0.717) is 6.04 Å². The van der Waals surface area contributed by atoms with E-state index in [9.17, 15) is 0 Å². The van der Waals surface area contributed by atoms with Crippen LogP contribution in [-0.4, -0.2) is 57.7 Å². The van der Waals surface area contributed by atoms with Crippen molar-refractivity contribution in [3.05, 3.63) is 28.8 Å². The van der Waals surface area contributed by atoms with Gasteiger partial charge in [-0.1, -0.05) is 17.7 Å². The summed E-state index contributed by atoms with van der Waals surface area (Å²) in [4.78, 5) is 6.52. The minimum Gasteiger partial charge on any atom is -0.497 e. The second-order valence-corrected chi connectivity index (χ2v) is 6.11. The standard InChI is InChI=1S/C17H29ClN4O/c1-13(2)22(4)11-10-21-17(19-3)20-9-8-14-6-7-15(23-5)12-16(14)18/h6-7,12-13H,8-11H2,1-5H3,(H2,19,20,21). The molecule has 1 aromatic carbocycles. The maximum atomic E-state index is 6.25. The number of hydrogen-bond acceptors (Lipinski definition) is 3. The molecule has 6 heteroatoms. The van der Waals surface area contributed by atoms with Crippen molar-refractivity contribution in [2.24, 2.45) is 4.99 Å². The van der Waals surface area contributed by atoms with Crippen molar-refractivity contribution in [1.29, 1.82) is 0 Å². The van der Waals surface area contributed by atoms with Gasteiger partial charge in [0.2, 0.25) is 0 Å². The van der Waals surface area contributed by atoms with E-state index in [4.69, 9.17) is 16.3 Å². The van der Waals surface area contributed by atoms with Crippen LogP contribution in [0.5, 0.6) is 5.75 Å². The summed E-state index contributed by atoms with van der Waals surface area (Å²) in [5, 5.41) is 7.36. The molecule has 0 saturated carbocycles. The molecule has 0 spiro atoms. The average molecular weight is 341 g/mol. The minimum atomic E-state index is 0.545. The molecular formula is C17H29ClN4O. The van der Waals surface area contributed by atoms with E-state index in [-0.39, 0.29) is 0 Å². The van der Waals surface area contributed by atoms with Crippen molar-refractivity contribution < 1.29 is 4.74 Å². The first-order chi connectivity index (χ1) is 11.0. The molecule has 1 aromatic rings. The summed E-state index contributed by atoms with van der Waals surface area (Å²) in [5.41, 5.74) is 1.09. The molecular weight excluding hydrogens is 312 g/mol. The summed E-state index contributed by atoms with van der Waals surface area (Å²) in [6.07, 6.45) is 0.829. The SMILES string of the molecule is CN=C(NCCc1ccc(OC)cc1Cl)NCCN(C)C(C)C. The predicted octanol–water partition coefficient (Wildman–Crippen LogP) is 2.40. The van der Waals surface area contributed by atoms with Gasteiger partial charge in [-0.3, -0.25) is 4.99 Å². The van der Waals surface area contributed by atoms with Crippen molar-refractivity contribution in [1.82, 2.24) is 15.5 Å². The number of aliphatic imine (C=N–C) groups is 1. The Balaban J connectivity index is 2.35. The van der Waals surface area contributed by atoms with Crippen LogP contribution in [0.15, 0.2) is 23.2 Å². The zero-order chi connectivity index (χ0) is 17.2. The van der Waals surface area contributed by atoms with E-state index in [0.717, 1.165) is 48.4 Å². The van der Waals surface area contributed by atoms with Gasteiger partial charge in [-0.05, 0) is 45.0 Å². The fourth-order valence-corrected chi connectivity index (χ4v) is 2.27. The van der Waals surface area contributed by atoms with Crippen LogP contribution in [0.2, 0.25) is 5.02 Å². The molecule has 0 heterocycles. The number of hydrogen-bond donors (Lipinski definition) is 2. The normalized spacial score (nSPS) is 11.9. The van der Waals surface area contributed by atoms with Crippen LogP contribution in [0.4, 0.5) is 0 Å². The van der Waals surface area contributed by atoms with Gasteiger partial charge < -0.3 is 20.3 Å². The average Bonchev–Trinajstić information content (AvgIpc) is 2.54. The molecule has 23 heavy (non-hydrogen) atoms. The van der Waals surface area contributed by atoms with Crippen molar-refractivity contribution in [2.75, 3.05) is 40.8 Å². The molecule has 0 aliphatic rings. The summed E-state index contributed by atoms with van der Waals surface area (Å²) in [7, 11) is 5.54. The van der Waals surface area contributed by atoms with E-state index >= 15 is 0 Å². The number of halogens is 1. The highest BCUT2D eigenvalue weighted by Gasteiger charge is 2.05. The smallest absolute Gasteiger partial charge is 0.191 e. The van der Waals surface area contributed by atoms with Crippen LogP contribution in [0.1, 0.15) is 19.4 Å². The first-order valence-corrected chi connectivity index (χ1v) is 8.33. The Kier molecular flexibility index (Phi) is 8.81. The van der Waals surface area contributed by atoms with E-state index in [1.807, 2.05) is 18.2 Å². The van der Waals surface area contributed by atoms with Crippen molar-refractivity contribution in [3.8, 4) is 5.75 Å². The highest BCUT2D eigenvalue weighted by molar-refractivity contribution is 6.31. The van der Waals surface area contributed by atoms with Crippen molar-refractivity contribution in [2.45, 2.75) is 26.3 Å². The lowest BCUT2D eigenvalue weighted by molar-refractivity contribution is 0.278. The van der Waals surface area contributed by atoms with Gasteiger partial charge in [0.05, 0.1) is 7.11 Å². The maximum absolute atomic E-state index is 6.25. The predicted molar refractivity (Wildman–Crippen MR) is 98.8 cm³/mol. The van der Waals surface area contributed by atoms with Gasteiger partial charge in [-0.15, -0.1) is 0 Å². The van der Waals surface area contributed by atoms with E-state index in [2.05, 4.69) is 41.4 Å². The second-order valence-electron chi connectivity index (χ2n) is 5.71. The van der Waals surface area contributed by atoms with Gasteiger partial charge in [0.25, 0.3) is 0 Å². The van der Waals surface area contributed by atoms with Gasteiger partial charge in [0.15, 0.2) is 5.96 Å². The zero-order valence-electron chi connectivity index (χ0n) is 14.8. The monoisotopic (exact) mass is 340 g/mol. The van der Waals surface area contributed by atoms with Gasteiger partial charge >= 0.3 is 0 Å². The highest BCUT2D eigenvalue weighted by atomic mass is 35.5. The molecule has 0 aliphatic heterocycles. The molecule has 0 aliphatic carbocycles. The number of nitrogens with zero attached hydrogens (tertiary/aromatic N) is 2. The molecule has 0 aromatic heterocycles. The Bertz CT molecular complexity index is 505. The number of likely N-dealkylation sites (N-methyl/N-ethyl adjacent to an activating group) is 1. The van der Waals surface area contributed by atoms with Gasteiger partial charge in [-0.2, -0.15) is 0 Å². The third-order valence-corrected chi connectivity index (χ3v) is 4.16. The Hall–Kier alpha value is -1.46. The molecule has 2 N–H and O–H groups in total. The van der Waals surface area contributed by atoms with Gasteiger partial charge in [0, 0.05) is 37.7 Å². The van der Waals surface area contributed by atoms with E-state index in [1.165, 1.54) is 0 Å². The van der Waals surface area contributed by atoms with Crippen LogP contribution < -0.4 is 15.4 Å². The lowest BCUT2D eigenvalue weighted by Gasteiger charge is -2.21. The molecule has 5 nitrogen and oxygen atoms in total. The molecule has 0 bridgehead atoms. The van der Waals surface area contributed by atoms with Crippen LogP contribution in [0.25, 0.3) is 0 Å². The third kappa shape index (κ3) is 7.10. The summed E-state index contributed by atoms with van der Waals surface area (Å²) in [5.74, 6) is 1.59. The largest absolute Gasteiger partial charge is 0.497 e. The first kappa shape index (κ1) is 19.6. The van der Waals surface area contributed by atoms with Crippen LogP contribution in [-0.2, 0) is 6.42 Å². The lowest BCUT2D eigenvalue weighted by atomic mass is 10.1. The van der Waals surface area contributed by atoms with Gasteiger partial charge in [-0.25, -0.2) is 0 Å². The highest BCUT2D eigenvalue weighted by Crippen LogP contribution is 2.22. The number of guanidine groups is 1. The zero-order valence-corrected chi connectivity index (χ0v) is 15.6. The van der Waals surface area contributed by atoms with Crippen LogP contribution in [0, 0.1) is 0 Å². The second kappa shape index (κ2) is 10.3. The summed E-state index contributed by atoms with van der Waals surface area (Å²) >= 11 is 6.25. The Morgan fingerprint density at radius 2 is 2.00 bits per heavy atom. The topological polar surface area (TPSA) is 48.9 Å². The maximum Gasteiger partial charge on any atom is 0.191 e. The number of nitrogens with one attached hydrogen (secondary N) is 2. The van der Waals surface area contributed by atoms with Crippen LogP contribution in [0.3, 0.4) is 0 Å².